The van der Waals surface area contributed by atoms with Gasteiger partial charge in [0.1, 0.15) is 0 Å². The standard InChI is InChI=1S/C20H28N4O/c1-14-13-15(11-12-21-14)19(25)23-20-22-17-9-5-6-10-18(17)24(20)16-7-3-2-4-8-16/h5-6,9-10,14-16,21H,2-4,7-8,11-13H2,1H3,(H,22,23,25)/t14-,15-/m0/s1. The van der Waals surface area contributed by atoms with Crippen molar-refractivity contribution in [3.8, 4) is 0 Å². The summed E-state index contributed by atoms with van der Waals surface area (Å²) in [5, 5.41) is 6.59. The molecule has 0 bridgehead atoms. The highest BCUT2D eigenvalue weighted by Crippen LogP contribution is 2.34. The molecule has 4 rings (SSSR count). The molecule has 2 heterocycles. The van der Waals surface area contributed by atoms with Crippen LogP contribution in [0.2, 0.25) is 0 Å². The lowest BCUT2D eigenvalue weighted by Gasteiger charge is -2.28. The lowest BCUT2D eigenvalue weighted by Crippen LogP contribution is -2.40. The van der Waals surface area contributed by atoms with Crippen LogP contribution < -0.4 is 10.6 Å². The van der Waals surface area contributed by atoms with Crippen LogP contribution in [0.1, 0.15) is 57.9 Å². The smallest absolute Gasteiger partial charge is 0.229 e. The number of piperidine rings is 1. The molecular formula is C20H28N4O. The van der Waals surface area contributed by atoms with E-state index in [0.717, 1.165) is 36.4 Å². The number of aromatic nitrogens is 2. The molecular weight excluding hydrogens is 312 g/mol. The maximum Gasteiger partial charge on any atom is 0.229 e. The third-order valence-electron chi connectivity index (χ3n) is 5.77. The zero-order valence-electron chi connectivity index (χ0n) is 15.0. The molecule has 1 aromatic carbocycles. The second-order valence-electron chi connectivity index (χ2n) is 7.65. The van der Waals surface area contributed by atoms with Crippen LogP contribution in [0.15, 0.2) is 24.3 Å². The van der Waals surface area contributed by atoms with E-state index in [0.29, 0.717) is 12.1 Å². The summed E-state index contributed by atoms with van der Waals surface area (Å²) >= 11 is 0. The number of para-hydroxylation sites is 2. The number of anilines is 1. The first kappa shape index (κ1) is 16.6. The second-order valence-corrected chi connectivity index (χ2v) is 7.65. The second kappa shape index (κ2) is 7.16. The Balaban J connectivity index is 1.62. The molecule has 25 heavy (non-hydrogen) atoms. The van der Waals surface area contributed by atoms with Crippen LogP contribution in [-0.2, 0) is 4.79 Å². The van der Waals surface area contributed by atoms with Gasteiger partial charge in [-0.1, -0.05) is 31.4 Å². The summed E-state index contributed by atoms with van der Waals surface area (Å²) in [5.41, 5.74) is 2.12. The Kier molecular flexibility index (Phi) is 4.75. The van der Waals surface area contributed by atoms with Gasteiger partial charge in [0.2, 0.25) is 11.9 Å². The number of rotatable bonds is 3. The zero-order chi connectivity index (χ0) is 17.2. The molecule has 2 N–H and O–H groups in total. The minimum atomic E-state index is 0.0795. The van der Waals surface area contributed by atoms with Crippen LogP contribution in [0.4, 0.5) is 5.95 Å². The van der Waals surface area contributed by atoms with Gasteiger partial charge in [-0.25, -0.2) is 4.98 Å². The summed E-state index contributed by atoms with van der Waals surface area (Å²) in [7, 11) is 0. The molecule has 1 aliphatic heterocycles. The molecule has 1 amide bonds. The maximum absolute atomic E-state index is 12.8. The van der Waals surface area contributed by atoms with Crippen molar-refractivity contribution in [1.29, 1.82) is 0 Å². The number of imidazole rings is 1. The Bertz CT molecular complexity index is 747. The van der Waals surface area contributed by atoms with Crippen molar-refractivity contribution in [3.05, 3.63) is 24.3 Å². The third kappa shape index (κ3) is 3.43. The monoisotopic (exact) mass is 340 g/mol. The Hall–Kier alpha value is -1.88. The summed E-state index contributed by atoms with van der Waals surface area (Å²) in [6.45, 7) is 3.06. The molecule has 0 unspecified atom stereocenters. The van der Waals surface area contributed by atoms with E-state index in [1.165, 1.54) is 32.1 Å². The van der Waals surface area contributed by atoms with Gasteiger partial charge in [-0.3, -0.25) is 10.1 Å². The minimum Gasteiger partial charge on any atom is -0.314 e. The summed E-state index contributed by atoms with van der Waals surface area (Å²) < 4.78 is 2.29. The topological polar surface area (TPSA) is 59.0 Å². The van der Waals surface area contributed by atoms with Gasteiger partial charge in [-0.05, 0) is 51.3 Å². The number of hydrogen-bond donors (Lipinski definition) is 2. The molecule has 5 nitrogen and oxygen atoms in total. The van der Waals surface area contributed by atoms with Gasteiger partial charge in [0.15, 0.2) is 0 Å². The Morgan fingerprint density at radius 3 is 2.80 bits per heavy atom. The molecule has 1 saturated heterocycles. The van der Waals surface area contributed by atoms with Gasteiger partial charge >= 0.3 is 0 Å². The minimum absolute atomic E-state index is 0.0795. The number of amides is 1. The molecule has 0 radical (unpaired) electrons. The number of nitrogens with one attached hydrogen (secondary N) is 2. The fraction of sp³-hybridized carbons (Fsp3) is 0.600. The number of hydrogen-bond acceptors (Lipinski definition) is 3. The normalized spacial score (nSPS) is 25.2. The van der Waals surface area contributed by atoms with Gasteiger partial charge in [0.05, 0.1) is 11.0 Å². The third-order valence-corrected chi connectivity index (χ3v) is 5.77. The van der Waals surface area contributed by atoms with E-state index in [2.05, 4.69) is 34.3 Å². The molecule has 2 aromatic rings. The van der Waals surface area contributed by atoms with Gasteiger partial charge in [0, 0.05) is 18.0 Å². The lowest BCUT2D eigenvalue weighted by molar-refractivity contribution is -0.120. The molecule has 2 fully saturated rings. The van der Waals surface area contributed by atoms with Crippen LogP contribution >= 0.6 is 0 Å². The van der Waals surface area contributed by atoms with Crippen LogP contribution in [0.5, 0.6) is 0 Å². The Labute approximate surface area is 149 Å². The highest BCUT2D eigenvalue weighted by molar-refractivity contribution is 5.93. The van der Waals surface area contributed by atoms with E-state index in [4.69, 9.17) is 4.98 Å². The van der Waals surface area contributed by atoms with Crippen LogP contribution in [0.25, 0.3) is 11.0 Å². The van der Waals surface area contributed by atoms with Crippen molar-refractivity contribution in [3.63, 3.8) is 0 Å². The number of carbonyl (C=O) groups excluding carboxylic acids is 1. The van der Waals surface area contributed by atoms with E-state index in [9.17, 15) is 4.79 Å². The average Bonchev–Trinajstić information content (AvgIpc) is 3.00. The molecule has 1 saturated carbocycles. The summed E-state index contributed by atoms with van der Waals surface area (Å²) in [6, 6.07) is 9.09. The Morgan fingerprint density at radius 2 is 2.00 bits per heavy atom. The molecule has 134 valence electrons. The number of nitrogens with zero attached hydrogens (tertiary/aromatic N) is 2. The first-order valence-corrected chi connectivity index (χ1v) is 9.73. The van der Waals surface area contributed by atoms with E-state index in [1.807, 2.05) is 12.1 Å². The molecule has 5 heteroatoms. The van der Waals surface area contributed by atoms with Crippen molar-refractivity contribution < 1.29 is 4.79 Å². The molecule has 2 aliphatic rings. The molecule has 1 aliphatic carbocycles. The fourth-order valence-corrected chi connectivity index (χ4v) is 4.42. The summed E-state index contributed by atoms with van der Waals surface area (Å²) in [5.74, 6) is 0.945. The number of carbonyl (C=O) groups is 1. The predicted octanol–water partition coefficient (Wildman–Crippen LogP) is 3.87. The lowest BCUT2D eigenvalue weighted by atomic mass is 9.92. The van der Waals surface area contributed by atoms with Crippen LogP contribution in [0.3, 0.4) is 0 Å². The maximum atomic E-state index is 12.8. The predicted molar refractivity (Wildman–Crippen MR) is 101 cm³/mol. The van der Waals surface area contributed by atoms with Gasteiger partial charge in [-0.15, -0.1) is 0 Å². The summed E-state index contributed by atoms with van der Waals surface area (Å²) in [4.78, 5) is 17.6. The quantitative estimate of drug-likeness (QED) is 0.892. The average molecular weight is 340 g/mol. The van der Waals surface area contributed by atoms with Crippen LogP contribution in [0, 0.1) is 5.92 Å². The highest BCUT2D eigenvalue weighted by Gasteiger charge is 2.27. The Morgan fingerprint density at radius 1 is 1.20 bits per heavy atom. The van der Waals surface area contributed by atoms with E-state index in [-0.39, 0.29) is 11.8 Å². The highest BCUT2D eigenvalue weighted by atomic mass is 16.2. The van der Waals surface area contributed by atoms with Crippen molar-refractivity contribution in [1.82, 2.24) is 14.9 Å². The first-order valence-electron chi connectivity index (χ1n) is 9.73. The molecule has 1 aromatic heterocycles. The SMILES string of the molecule is C[C@H]1C[C@@H](C(=O)Nc2nc3ccccc3n2C2CCCCC2)CCN1. The summed E-state index contributed by atoms with van der Waals surface area (Å²) in [6.07, 6.45) is 7.99. The fourth-order valence-electron chi connectivity index (χ4n) is 4.42. The molecule has 2 atom stereocenters. The van der Waals surface area contributed by atoms with Gasteiger partial charge < -0.3 is 9.88 Å². The van der Waals surface area contributed by atoms with E-state index in [1.54, 1.807) is 0 Å². The van der Waals surface area contributed by atoms with Crippen molar-refractivity contribution in [2.24, 2.45) is 5.92 Å². The van der Waals surface area contributed by atoms with E-state index >= 15 is 0 Å². The zero-order valence-corrected chi connectivity index (χ0v) is 15.0. The first-order chi connectivity index (χ1) is 12.2. The largest absolute Gasteiger partial charge is 0.314 e. The van der Waals surface area contributed by atoms with Crippen LogP contribution in [-0.4, -0.2) is 28.0 Å². The van der Waals surface area contributed by atoms with Crippen molar-refractivity contribution >= 4 is 22.9 Å². The molecule has 0 spiro atoms. The number of benzene rings is 1. The van der Waals surface area contributed by atoms with E-state index < -0.39 is 0 Å². The van der Waals surface area contributed by atoms with Crippen molar-refractivity contribution in [2.45, 2.75) is 64.0 Å². The van der Waals surface area contributed by atoms with Crippen molar-refractivity contribution in [2.75, 3.05) is 11.9 Å². The van der Waals surface area contributed by atoms with Gasteiger partial charge in [0.25, 0.3) is 0 Å². The number of fused-ring (bicyclic) bond motifs is 1. The van der Waals surface area contributed by atoms with Gasteiger partial charge in [-0.2, -0.15) is 0 Å².